The number of hydrogen-bond acceptors (Lipinski definition) is 3. The number of hydrogen-bond donors (Lipinski definition) is 1. The van der Waals surface area contributed by atoms with Gasteiger partial charge in [-0.25, -0.2) is 0 Å². The van der Waals surface area contributed by atoms with Gasteiger partial charge in [-0.05, 0) is 55.7 Å². The Morgan fingerprint density at radius 2 is 1.88 bits per heavy atom. The van der Waals surface area contributed by atoms with Crippen molar-refractivity contribution in [3.8, 4) is 0 Å². The quantitative estimate of drug-likeness (QED) is 0.907. The number of carbonyl (C=O) groups is 1. The summed E-state index contributed by atoms with van der Waals surface area (Å²) < 4.78 is 0. The summed E-state index contributed by atoms with van der Waals surface area (Å²) in [5.74, 6) is 0.985. The van der Waals surface area contributed by atoms with E-state index in [0.717, 1.165) is 32.0 Å². The molecule has 0 aromatic heterocycles. The van der Waals surface area contributed by atoms with Crippen molar-refractivity contribution in [3.05, 3.63) is 35.4 Å². The van der Waals surface area contributed by atoms with E-state index >= 15 is 0 Å². The summed E-state index contributed by atoms with van der Waals surface area (Å²) in [6.07, 6.45) is 9.20. The van der Waals surface area contributed by atoms with Crippen LogP contribution in [0, 0.1) is 11.3 Å². The number of benzene rings is 1. The second-order valence-electron chi connectivity index (χ2n) is 8.89. The maximum Gasteiger partial charge on any atom is 0.236 e. The van der Waals surface area contributed by atoms with Crippen molar-refractivity contribution in [1.82, 2.24) is 9.80 Å². The van der Waals surface area contributed by atoms with E-state index in [1.165, 1.54) is 62.7 Å². The fourth-order valence-electron chi connectivity index (χ4n) is 5.61. The highest BCUT2D eigenvalue weighted by molar-refractivity contribution is 5.78. The lowest BCUT2D eigenvalue weighted by atomic mass is 9.74. The predicted molar refractivity (Wildman–Crippen MR) is 105 cm³/mol. The van der Waals surface area contributed by atoms with Gasteiger partial charge in [0.2, 0.25) is 5.91 Å². The lowest BCUT2D eigenvalue weighted by Crippen LogP contribution is -2.51. The minimum absolute atomic E-state index is 0.0917. The van der Waals surface area contributed by atoms with Crippen molar-refractivity contribution in [2.75, 3.05) is 32.7 Å². The number of likely N-dealkylation sites (tertiary alicyclic amines) is 1. The molecule has 1 saturated heterocycles. The van der Waals surface area contributed by atoms with Crippen LogP contribution in [-0.4, -0.2) is 48.4 Å². The van der Waals surface area contributed by atoms with Crippen LogP contribution >= 0.6 is 0 Å². The predicted octanol–water partition coefficient (Wildman–Crippen LogP) is 2.80. The number of amides is 1. The molecule has 2 fully saturated rings. The molecule has 4 rings (SSSR count). The Balaban J connectivity index is 1.57. The summed E-state index contributed by atoms with van der Waals surface area (Å²) in [6.45, 7) is 5.31. The first kappa shape index (κ1) is 18.0. The van der Waals surface area contributed by atoms with Crippen molar-refractivity contribution < 1.29 is 4.79 Å². The third-order valence-electron chi connectivity index (χ3n) is 6.83. The molecule has 1 atom stereocenters. The summed E-state index contributed by atoms with van der Waals surface area (Å²) in [5.41, 5.74) is 8.65. The molecule has 2 heterocycles. The Morgan fingerprint density at radius 3 is 2.65 bits per heavy atom. The molecule has 1 spiro atoms. The molecule has 2 N–H and O–H groups in total. The van der Waals surface area contributed by atoms with Gasteiger partial charge in [-0.2, -0.15) is 0 Å². The van der Waals surface area contributed by atoms with E-state index in [-0.39, 0.29) is 17.9 Å². The van der Waals surface area contributed by atoms with Gasteiger partial charge >= 0.3 is 0 Å². The molecule has 0 radical (unpaired) electrons. The van der Waals surface area contributed by atoms with Crippen LogP contribution in [0.5, 0.6) is 0 Å². The minimum atomic E-state index is 0.0917. The minimum Gasteiger partial charge on any atom is -0.337 e. The highest BCUT2D eigenvalue weighted by atomic mass is 16.2. The van der Waals surface area contributed by atoms with E-state index < -0.39 is 0 Å². The van der Waals surface area contributed by atoms with Crippen LogP contribution in [0.25, 0.3) is 0 Å². The largest absolute Gasteiger partial charge is 0.337 e. The van der Waals surface area contributed by atoms with E-state index in [0.29, 0.717) is 0 Å². The highest BCUT2D eigenvalue weighted by Gasteiger charge is 2.40. The van der Waals surface area contributed by atoms with E-state index in [9.17, 15) is 4.79 Å². The summed E-state index contributed by atoms with van der Waals surface area (Å²) in [5, 5.41) is 0. The van der Waals surface area contributed by atoms with Gasteiger partial charge < -0.3 is 15.5 Å². The highest BCUT2D eigenvalue weighted by Crippen LogP contribution is 2.39. The summed E-state index contributed by atoms with van der Waals surface area (Å²) in [7, 11) is 0. The van der Waals surface area contributed by atoms with Crippen molar-refractivity contribution >= 4 is 5.91 Å². The maximum atomic E-state index is 12.5. The van der Waals surface area contributed by atoms with Crippen molar-refractivity contribution in [1.29, 1.82) is 0 Å². The van der Waals surface area contributed by atoms with Crippen molar-refractivity contribution in [2.45, 2.75) is 51.5 Å². The van der Waals surface area contributed by atoms with Crippen LogP contribution < -0.4 is 5.73 Å². The average Bonchev–Trinajstić information content (AvgIpc) is 3.09. The number of nitrogens with two attached hydrogens (primary N) is 1. The van der Waals surface area contributed by atoms with Crippen LogP contribution in [0.2, 0.25) is 0 Å². The van der Waals surface area contributed by atoms with Gasteiger partial charge in [0, 0.05) is 31.6 Å². The zero-order valence-corrected chi connectivity index (χ0v) is 16.0. The fourth-order valence-corrected chi connectivity index (χ4v) is 5.61. The molecule has 0 bridgehead atoms. The Morgan fingerprint density at radius 1 is 1.12 bits per heavy atom. The second kappa shape index (κ2) is 7.69. The van der Waals surface area contributed by atoms with Crippen LogP contribution in [0.4, 0.5) is 0 Å². The van der Waals surface area contributed by atoms with Crippen molar-refractivity contribution in [3.63, 3.8) is 0 Å². The first-order valence-corrected chi connectivity index (χ1v) is 10.4. The standard InChI is InChI=1S/C22H33N3O/c23-13-21(26)25-15-20-9-4-3-8-19(20)12-22(17-25)10-5-11-24(16-22)14-18-6-1-2-7-18/h3-4,8-9,18H,1-2,5-7,10-17,23H2. The molecule has 1 aromatic carbocycles. The van der Waals surface area contributed by atoms with Crippen LogP contribution in [-0.2, 0) is 17.8 Å². The Hall–Kier alpha value is -1.39. The molecule has 2 aliphatic heterocycles. The van der Waals surface area contributed by atoms with Gasteiger partial charge in [0.05, 0.1) is 6.54 Å². The number of rotatable bonds is 3. The van der Waals surface area contributed by atoms with Gasteiger partial charge in [0.25, 0.3) is 0 Å². The molecule has 1 amide bonds. The van der Waals surface area contributed by atoms with Gasteiger partial charge in [0.1, 0.15) is 0 Å². The van der Waals surface area contributed by atoms with E-state index in [2.05, 4.69) is 29.2 Å². The second-order valence-corrected chi connectivity index (χ2v) is 8.89. The molecule has 4 nitrogen and oxygen atoms in total. The maximum absolute atomic E-state index is 12.5. The van der Waals surface area contributed by atoms with Crippen LogP contribution in [0.1, 0.15) is 49.7 Å². The lowest BCUT2D eigenvalue weighted by molar-refractivity contribution is -0.132. The third-order valence-corrected chi connectivity index (χ3v) is 6.83. The Labute approximate surface area is 157 Å². The molecule has 3 aliphatic rings. The summed E-state index contributed by atoms with van der Waals surface area (Å²) in [4.78, 5) is 17.2. The molecule has 1 aliphatic carbocycles. The third kappa shape index (κ3) is 3.81. The van der Waals surface area contributed by atoms with Crippen LogP contribution in [0.3, 0.4) is 0 Å². The van der Waals surface area contributed by atoms with Crippen LogP contribution in [0.15, 0.2) is 24.3 Å². The Bertz CT molecular complexity index is 640. The first-order valence-electron chi connectivity index (χ1n) is 10.4. The summed E-state index contributed by atoms with van der Waals surface area (Å²) >= 11 is 0. The SMILES string of the molecule is NCC(=O)N1Cc2ccccc2CC2(CCCN(CC3CCCC3)C2)C1. The lowest BCUT2D eigenvalue weighted by Gasteiger charge is -2.45. The first-order chi connectivity index (χ1) is 12.7. The zero-order valence-electron chi connectivity index (χ0n) is 16.0. The zero-order chi connectivity index (χ0) is 18.0. The van der Waals surface area contributed by atoms with Gasteiger partial charge in [-0.15, -0.1) is 0 Å². The molecule has 1 saturated carbocycles. The number of carbonyl (C=O) groups excluding carboxylic acids is 1. The molecular weight excluding hydrogens is 322 g/mol. The Kier molecular flexibility index (Phi) is 5.32. The van der Waals surface area contributed by atoms with Gasteiger partial charge in [-0.1, -0.05) is 37.1 Å². The number of piperidine rings is 1. The topological polar surface area (TPSA) is 49.6 Å². The molecule has 1 aromatic rings. The number of nitrogens with zero attached hydrogens (tertiary/aromatic N) is 2. The molecule has 142 valence electrons. The summed E-state index contributed by atoms with van der Waals surface area (Å²) in [6, 6.07) is 8.69. The average molecular weight is 356 g/mol. The number of fused-ring (bicyclic) bond motifs is 1. The van der Waals surface area contributed by atoms with Gasteiger partial charge in [-0.3, -0.25) is 4.79 Å². The normalized spacial score (nSPS) is 27.5. The fraction of sp³-hybridized carbons (Fsp3) is 0.682. The van der Waals surface area contributed by atoms with Crippen molar-refractivity contribution in [2.24, 2.45) is 17.1 Å². The molecule has 26 heavy (non-hydrogen) atoms. The van der Waals surface area contributed by atoms with E-state index in [4.69, 9.17) is 5.73 Å². The molecule has 1 unspecified atom stereocenters. The molecular formula is C22H33N3O. The molecule has 4 heteroatoms. The smallest absolute Gasteiger partial charge is 0.236 e. The van der Waals surface area contributed by atoms with E-state index in [1.54, 1.807) is 0 Å². The van der Waals surface area contributed by atoms with Gasteiger partial charge in [0.15, 0.2) is 0 Å². The van der Waals surface area contributed by atoms with E-state index in [1.807, 2.05) is 4.90 Å². The monoisotopic (exact) mass is 355 g/mol.